The Balaban J connectivity index is 2.76. The zero-order valence-electron chi connectivity index (χ0n) is 10.7. The lowest BCUT2D eigenvalue weighted by Crippen LogP contribution is -2.33. The van der Waals surface area contributed by atoms with Gasteiger partial charge >= 0.3 is 6.18 Å². The Labute approximate surface area is 118 Å². The molecule has 1 atom stereocenters. The molecule has 1 aromatic rings. The van der Waals surface area contributed by atoms with Crippen molar-refractivity contribution in [2.24, 2.45) is 5.92 Å². The highest BCUT2D eigenvalue weighted by atomic mass is 19.4. The number of alkyl halides is 3. The SMILES string of the molecule is CC1CC(=O)N(c2c(F)c(F)c(C(F)(F)F)c(F)c2F)C1=O. The first kappa shape index (κ1) is 16.2. The number of hydrogen-bond acceptors (Lipinski definition) is 2. The zero-order chi connectivity index (χ0) is 17.0. The van der Waals surface area contributed by atoms with Gasteiger partial charge in [0.05, 0.1) is 0 Å². The van der Waals surface area contributed by atoms with Crippen LogP contribution in [0.4, 0.5) is 36.4 Å². The molecule has 1 unspecified atom stereocenters. The second-order valence-electron chi connectivity index (χ2n) is 4.65. The molecule has 120 valence electrons. The molecule has 1 fully saturated rings. The Kier molecular flexibility index (Phi) is 3.66. The summed E-state index contributed by atoms with van der Waals surface area (Å²) in [7, 11) is 0. The van der Waals surface area contributed by atoms with E-state index in [-0.39, 0.29) is 4.90 Å². The molecule has 1 aliphatic rings. The molecule has 2 rings (SSSR count). The summed E-state index contributed by atoms with van der Waals surface area (Å²) >= 11 is 0. The predicted octanol–water partition coefficient (Wildman–Crippen LogP) is 3.16. The third-order valence-electron chi connectivity index (χ3n) is 3.12. The summed E-state index contributed by atoms with van der Waals surface area (Å²) in [6.45, 7) is 1.22. The maximum absolute atomic E-state index is 13.7. The van der Waals surface area contributed by atoms with Crippen LogP contribution < -0.4 is 4.90 Å². The van der Waals surface area contributed by atoms with Crippen molar-refractivity contribution in [2.45, 2.75) is 19.5 Å². The monoisotopic (exact) mass is 329 g/mol. The minimum absolute atomic E-state index is 0.179. The van der Waals surface area contributed by atoms with Crippen molar-refractivity contribution in [1.29, 1.82) is 0 Å². The summed E-state index contributed by atoms with van der Waals surface area (Å²) in [5.41, 5.74) is -4.54. The summed E-state index contributed by atoms with van der Waals surface area (Å²) in [4.78, 5) is 23.0. The van der Waals surface area contributed by atoms with Gasteiger partial charge in [-0.2, -0.15) is 13.2 Å². The largest absolute Gasteiger partial charge is 0.422 e. The Morgan fingerprint density at radius 2 is 1.41 bits per heavy atom. The van der Waals surface area contributed by atoms with Crippen molar-refractivity contribution < 1.29 is 40.3 Å². The highest BCUT2D eigenvalue weighted by Gasteiger charge is 2.46. The second-order valence-corrected chi connectivity index (χ2v) is 4.65. The first-order chi connectivity index (χ1) is 9.98. The van der Waals surface area contributed by atoms with Crippen LogP contribution in [0.15, 0.2) is 0 Å². The van der Waals surface area contributed by atoms with Gasteiger partial charge in [0.1, 0.15) is 11.3 Å². The molecule has 3 nitrogen and oxygen atoms in total. The Hall–Kier alpha value is -2.13. The average molecular weight is 329 g/mol. The quantitative estimate of drug-likeness (QED) is 0.451. The van der Waals surface area contributed by atoms with Gasteiger partial charge in [-0.25, -0.2) is 22.5 Å². The Morgan fingerprint density at radius 3 is 1.73 bits per heavy atom. The number of carbonyl (C=O) groups excluding carboxylic acids is 2. The Morgan fingerprint density at radius 1 is 0.955 bits per heavy atom. The van der Waals surface area contributed by atoms with Crippen molar-refractivity contribution in [1.82, 2.24) is 0 Å². The van der Waals surface area contributed by atoms with Crippen LogP contribution in [-0.4, -0.2) is 11.8 Å². The molecule has 0 N–H and O–H groups in total. The van der Waals surface area contributed by atoms with Crippen LogP contribution in [0.5, 0.6) is 0 Å². The number of nitrogens with zero attached hydrogens (tertiary/aromatic N) is 1. The van der Waals surface area contributed by atoms with E-state index >= 15 is 0 Å². The molecule has 1 aliphatic heterocycles. The highest BCUT2D eigenvalue weighted by molar-refractivity contribution is 6.20. The topological polar surface area (TPSA) is 37.4 Å². The molecular formula is C12H6F7NO2. The van der Waals surface area contributed by atoms with Crippen LogP contribution >= 0.6 is 0 Å². The van der Waals surface area contributed by atoms with Gasteiger partial charge in [0.15, 0.2) is 23.3 Å². The van der Waals surface area contributed by atoms with E-state index in [1.807, 2.05) is 0 Å². The summed E-state index contributed by atoms with van der Waals surface area (Å²) in [6, 6.07) is 0. The minimum Gasteiger partial charge on any atom is -0.274 e. The fourth-order valence-corrected chi connectivity index (χ4v) is 2.08. The standard InChI is InChI=1S/C12H6F7NO2/c1-3-2-4(21)20(11(3)22)10-8(15)6(13)5(12(17,18)19)7(14)9(10)16/h3H,2H2,1H3. The molecule has 0 aromatic heterocycles. The molecule has 2 amide bonds. The summed E-state index contributed by atoms with van der Waals surface area (Å²) < 4.78 is 91.7. The number of hydrogen-bond donors (Lipinski definition) is 0. The fraction of sp³-hybridized carbons (Fsp3) is 0.333. The van der Waals surface area contributed by atoms with Crippen LogP contribution in [0.3, 0.4) is 0 Å². The molecule has 0 spiro atoms. The number of anilines is 1. The van der Waals surface area contributed by atoms with E-state index in [0.717, 1.165) is 0 Å². The first-order valence-corrected chi connectivity index (χ1v) is 5.78. The van der Waals surface area contributed by atoms with E-state index in [0.29, 0.717) is 0 Å². The smallest absolute Gasteiger partial charge is 0.274 e. The first-order valence-electron chi connectivity index (χ1n) is 5.78. The van der Waals surface area contributed by atoms with Crippen LogP contribution in [0.25, 0.3) is 0 Å². The lowest BCUT2D eigenvalue weighted by atomic mass is 10.1. The second kappa shape index (κ2) is 4.96. The third kappa shape index (κ3) is 2.22. The average Bonchev–Trinajstić information content (AvgIpc) is 2.62. The fourth-order valence-electron chi connectivity index (χ4n) is 2.08. The van der Waals surface area contributed by atoms with Gasteiger partial charge in [0.25, 0.3) is 0 Å². The van der Waals surface area contributed by atoms with E-state index in [1.165, 1.54) is 6.92 Å². The minimum atomic E-state index is -5.69. The van der Waals surface area contributed by atoms with Crippen molar-refractivity contribution in [3.8, 4) is 0 Å². The highest BCUT2D eigenvalue weighted by Crippen LogP contribution is 2.41. The number of imide groups is 1. The third-order valence-corrected chi connectivity index (χ3v) is 3.12. The van der Waals surface area contributed by atoms with Crippen LogP contribution in [-0.2, 0) is 15.8 Å². The van der Waals surface area contributed by atoms with E-state index in [2.05, 4.69) is 0 Å². The van der Waals surface area contributed by atoms with E-state index in [9.17, 15) is 40.3 Å². The van der Waals surface area contributed by atoms with Crippen molar-refractivity contribution in [3.05, 3.63) is 28.8 Å². The van der Waals surface area contributed by atoms with Crippen molar-refractivity contribution >= 4 is 17.5 Å². The lowest BCUT2D eigenvalue weighted by molar-refractivity contribution is -0.143. The maximum atomic E-state index is 13.7. The van der Waals surface area contributed by atoms with Gasteiger partial charge < -0.3 is 0 Å². The molecule has 10 heteroatoms. The molecule has 0 bridgehead atoms. The van der Waals surface area contributed by atoms with Gasteiger partial charge in [-0.3, -0.25) is 9.59 Å². The van der Waals surface area contributed by atoms with Gasteiger partial charge in [0.2, 0.25) is 11.8 Å². The Bertz CT molecular complexity index is 654. The van der Waals surface area contributed by atoms with Gasteiger partial charge in [-0.05, 0) is 0 Å². The molecule has 1 saturated heterocycles. The number of carbonyl (C=O) groups is 2. The van der Waals surface area contributed by atoms with Gasteiger partial charge in [-0.15, -0.1) is 0 Å². The van der Waals surface area contributed by atoms with Crippen LogP contribution in [0.2, 0.25) is 0 Å². The maximum Gasteiger partial charge on any atom is 0.422 e. The summed E-state index contributed by atoms with van der Waals surface area (Å²) in [5, 5.41) is 0. The predicted molar refractivity (Wildman–Crippen MR) is 57.5 cm³/mol. The number of amides is 2. The molecule has 1 heterocycles. The van der Waals surface area contributed by atoms with Crippen molar-refractivity contribution in [2.75, 3.05) is 4.90 Å². The summed E-state index contributed by atoms with van der Waals surface area (Å²) in [5.74, 6) is -13.7. The number of benzene rings is 1. The van der Waals surface area contributed by atoms with E-state index < -0.39 is 64.8 Å². The molecule has 1 aromatic carbocycles. The summed E-state index contributed by atoms with van der Waals surface area (Å²) in [6.07, 6.45) is -6.18. The zero-order valence-corrected chi connectivity index (χ0v) is 10.7. The van der Waals surface area contributed by atoms with Crippen molar-refractivity contribution in [3.63, 3.8) is 0 Å². The van der Waals surface area contributed by atoms with E-state index in [1.54, 1.807) is 0 Å². The number of halogens is 7. The number of rotatable bonds is 1. The molecular weight excluding hydrogens is 323 g/mol. The van der Waals surface area contributed by atoms with Crippen LogP contribution in [0, 0.1) is 29.2 Å². The normalized spacial score (nSPS) is 19.3. The van der Waals surface area contributed by atoms with Gasteiger partial charge in [-0.1, -0.05) is 6.92 Å². The van der Waals surface area contributed by atoms with E-state index in [4.69, 9.17) is 0 Å². The van der Waals surface area contributed by atoms with Crippen LogP contribution in [0.1, 0.15) is 18.9 Å². The lowest BCUT2D eigenvalue weighted by Gasteiger charge is -2.19. The molecule has 22 heavy (non-hydrogen) atoms. The molecule has 0 saturated carbocycles. The van der Waals surface area contributed by atoms with Gasteiger partial charge in [0, 0.05) is 12.3 Å². The molecule has 0 aliphatic carbocycles. The molecule has 0 radical (unpaired) electrons.